The van der Waals surface area contributed by atoms with Gasteiger partial charge in [-0.3, -0.25) is 9.69 Å². The second-order valence-electron chi connectivity index (χ2n) is 5.62. The van der Waals surface area contributed by atoms with Crippen molar-refractivity contribution in [3.63, 3.8) is 0 Å². The van der Waals surface area contributed by atoms with Crippen molar-refractivity contribution in [2.75, 3.05) is 6.54 Å². The summed E-state index contributed by atoms with van der Waals surface area (Å²) in [6.07, 6.45) is 2.36. The lowest BCUT2D eigenvalue weighted by Crippen LogP contribution is -2.55. The Morgan fingerprint density at radius 3 is 2.45 bits per heavy atom. The smallest absolute Gasteiger partial charge is 0.323 e. The fourth-order valence-corrected chi connectivity index (χ4v) is 3.12. The number of carbonyl (C=O) groups is 1. The van der Waals surface area contributed by atoms with Crippen LogP contribution in [0.4, 0.5) is 0 Å². The molecule has 3 N–H and O–H groups in total. The zero-order valence-electron chi connectivity index (χ0n) is 11.8. The number of carboxylic acids is 1. The molecule has 110 valence electrons. The van der Waals surface area contributed by atoms with Crippen LogP contribution in [0.25, 0.3) is 0 Å². The molecule has 2 rings (SSSR count). The minimum absolute atomic E-state index is 0.00388. The summed E-state index contributed by atoms with van der Waals surface area (Å²) in [5.41, 5.74) is -0.575. The fraction of sp³-hybridized carbons (Fsp3) is 0.533. The van der Waals surface area contributed by atoms with E-state index in [4.69, 9.17) is 0 Å². The van der Waals surface area contributed by atoms with Crippen molar-refractivity contribution >= 4 is 5.97 Å². The zero-order chi connectivity index (χ0) is 14.9. The third kappa shape index (κ3) is 2.33. The van der Waals surface area contributed by atoms with Crippen LogP contribution in [0.5, 0.6) is 11.5 Å². The Hall–Kier alpha value is -1.75. The molecular weight excluding hydrogens is 258 g/mol. The van der Waals surface area contributed by atoms with Gasteiger partial charge in [0, 0.05) is 6.04 Å². The van der Waals surface area contributed by atoms with Crippen molar-refractivity contribution in [1.29, 1.82) is 0 Å². The molecule has 1 aliphatic heterocycles. The van der Waals surface area contributed by atoms with E-state index in [2.05, 4.69) is 0 Å². The van der Waals surface area contributed by atoms with Gasteiger partial charge in [-0.1, -0.05) is 6.07 Å². The number of hydrogen-bond acceptors (Lipinski definition) is 4. The largest absolute Gasteiger partial charge is 0.507 e. The quantitative estimate of drug-likeness (QED) is 0.792. The molecule has 0 aromatic heterocycles. The number of piperidine rings is 1. The lowest BCUT2D eigenvalue weighted by Gasteiger charge is -2.45. The summed E-state index contributed by atoms with van der Waals surface area (Å²) in [5.74, 6) is -0.870. The Morgan fingerprint density at radius 1 is 1.30 bits per heavy atom. The summed E-state index contributed by atoms with van der Waals surface area (Å²) in [6.45, 7) is 4.17. The number of phenols is 2. The Balaban J connectivity index is 2.40. The van der Waals surface area contributed by atoms with Gasteiger partial charge in [-0.2, -0.15) is 0 Å². The van der Waals surface area contributed by atoms with Gasteiger partial charge < -0.3 is 15.3 Å². The Bertz CT molecular complexity index is 496. The summed E-state index contributed by atoms with van der Waals surface area (Å²) in [6, 6.07) is 4.21. The molecule has 2 unspecified atom stereocenters. The first kappa shape index (κ1) is 14.7. The molecule has 0 bridgehead atoms. The van der Waals surface area contributed by atoms with Crippen molar-refractivity contribution in [3.05, 3.63) is 23.8 Å². The number of benzene rings is 1. The minimum atomic E-state index is -0.966. The van der Waals surface area contributed by atoms with Crippen molar-refractivity contribution in [1.82, 2.24) is 4.90 Å². The highest BCUT2D eigenvalue weighted by atomic mass is 16.4. The Morgan fingerprint density at radius 2 is 1.90 bits per heavy atom. The van der Waals surface area contributed by atoms with Gasteiger partial charge >= 0.3 is 5.97 Å². The maximum absolute atomic E-state index is 11.6. The highest BCUT2D eigenvalue weighted by Crippen LogP contribution is 2.41. The van der Waals surface area contributed by atoms with Crippen molar-refractivity contribution in [3.8, 4) is 11.5 Å². The second kappa shape index (κ2) is 5.32. The molecule has 5 heteroatoms. The molecule has 1 heterocycles. The van der Waals surface area contributed by atoms with Crippen LogP contribution in [0, 0.1) is 0 Å². The van der Waals surface area contributed by atoms with Gasteiger partial charge in [0.25, 0.3) is 0 Å². The van der Waals surface area contributed by atoms with Crippen LogP contribution < -0.4 is 0 Å². The topological polar surface area (TPSA) is 81.0 Å². The summed E-state index contributed by atoms with van der Waals surface area (Å²) < 4.78 is 0. The van der Waals surface area contributed by atoms with Crippen LogP contribution in [0.1, 0.15) is 44.7 Å². The van der Waals surface area contributed by atoms with Gasteiger partial charge in [0.2, 0.25) is 0 Å². The first-order valence-electron chi connectivity index (χ1n) is 6.89. The molecule has 1 aromatic carbocycles. The van der Waals surface area contributed by atoms with Crippen LogP contribution in [0.2, 0.25) is 0 Å². The predicted octanol–water partition coefficient (Wildman–Crippen LogP) is 2.49. The molecule has 1 fully saturated rings. The molecule has 5 nitrogen and oxygen atoms in total. The van der Waals surface area contributed by atoms with E-state index in [1.54, 1.807) is 13.0 Å². The van der Waals surface area contributed by atoms with Crippen LogP contribution in [-0.4, -0.2) is 38.3 Å². The van der Waals surface area contributed by atoms with Gasteiger partial charge in [0.05, 0.1) is 5.56 Å². The molecule has 1 aliphatic rings. The number of aliphatic carboxylic acids is 1. The molecule has 20 heavy (non-hydrogen) atoms. The zero-order valence-corrected chi connectivity index (χ0v) is 11.8. The molecule has 0 radical (unpaired) electrons. The highest BCUT2D eigenvalue weighted by molar-refractivity contribution is 5.78. The van der Waals surface area contributed by atoms with Crippen molar-refractivity contribution in [2.24, 2.45) is 0 Å². The first-order valence-corrected chi connectivity index (χ1v) is 6.89. The number of hydrogen-bond donors (Lipinski definition) is 3. The SMILES string of the molecule is CC(c1c(O)cccc1O)N1CCCCC1(C)C(=O)O. The summed E-state index contributed by atoms with van der Waals surface area (Å²) in [5, 5.41) is 29.5. The minimum Gasteiger partial charge on any atom is -0.507 e. The van der Waals surface area contributed by atoms with E-state index < -0.39 is 11.5 Å². The maximum Gasteiger partial charge on any atom is 0.323 e. The third-order valence-corrected chi connectivity index (χ3v) is 4.35. The molecule has 0 saturated carbocycles. The summed E-state index contributed by atoms with van der Waals surface area (Å²) >= 11 is 0. The molecule has 1 aromatic rings. The maximum atomic E-state index is 11.6. The lowest BCUT2D eigenvalue weighted by atomic mass is 9.85. The number of rotatable bonds is 3. The number of nitrogens with zero attached hydrogens (tertiary/aromatic N) is 1. The van der Waals surface area contributed by atoms with Gasteiger partial charge in [-0.15, -0.1) is 0 Å². The lowest BCUT2D eigenvalue weighted by molar-refractivity contribution is -0.155. The monoisotopic (exact) mass is 279 g/mol. The molecular formula is C15H21NO4. The van der Waals surface area contributed by atoms with Crippen LogP contribution in [0.15, 0.2) is 18.2 Å². The Kier molecular flexibility index (Phi) is 3.90. The average molecular weight is 279 g/mol. The van der Waals surface area contributed by atoms with Crippen molar-refractivity contribution < 1.29 is 20.1 Å². The second-order valence-corrected chi connectivity index (χ2v) is 5.62. The van der Waals surface area contributed by atoms with E-state index in [-0.39, 0.29) is 17.5 Å². The average Bonchev–Trinajstić information content (AvgIpc) is 2.38. The molecule has 0 aliphatic carbocycles. The fourth-order valence-electron chi connectivity index (χ4n) is 3.12. The molecule has 0 spiro atoms. The number of carboxylic acid groups (broad SMARTS) is 1. The summed E-state index contributed by atoms with van der Waals surface area (Å²) in [4.78, 5) is 13.5. The highest BCUT2D eigenvalue weighted by Gasteiger charge is 2.44. The van der Waals surface area contributed by atoms with Gasteiger partial charge in [0.15, 0.2) is 0 Å². The van der Waals surface area contributed by atoms with E-state index in [9.17, 15) is 20.1 Å². The summed E-state index contributed by atoms with van der Waals surface area (Å²) in [7, 11) is 0. The number of phenolic OH excluding ortho intramolecular Hbond substituents is 2. The Labute approximate surface area is 118 Å². The van der Waals surface area contributed by atoms with E-state index in [0.717, 1.165) is 12.8 Å². The van der Waals surface area contributed by atoms with Crippen LogP contribution in [0.3, 0.4) is 0 Å². The first-order chi connectivity index (χ1) is 9.38. The van der Waals surface area contributed by atoms with E-state index in [0.29, 0.717) is 18.5 Å². The van der Waals surface area contributed by atoms with E-state index in [1.165, 1.54) is 12.1 Å². The van der Waals surface area contributed by atoms with Gasteiger partial charge in [0.1, 0.15) is 17.0 Å². The van der Waals surface area contributed by atoms with Crippen LogP contribution in [-0.2, 0) is 4.79 Å². The van der Waals surface area contributed by atoms with E-state index >= 15 is 0 Å². The van der Waals surface area contributed by atoms with Crippen LogP contribution >= 0.6 is 0 Å². The number of aromatic hydroxyl groups is 2. The van der Waals surface area contributed by atoms with Gasteiger partial charge in [-0.05, 0) is 51.8 Å². The van der Waals surface area contributed by atoms with Gasteiger partial charge in [-0.25, -0.2) is 0 Å². The normalized spacial score (nSPS) is 25.3. The molecule has 1 saturated heterocycles. The third-order valence-electron chi connectivity index (χ3n) is 4.35. The number of likely N-dealkylation sites (tertiary alicyclic amines) is 1. The molecule has 0 amide bonds. The van der Waals surface area contributed by atoms with E-state index in [1.807, 2.05) is 11.8 Å². The van der Waals surface area contributed by atoms with Crippen molar-refractivity contribution in [2.45, 2.75) is 44.7 Å². The molecule has 2 atom stereocenters. The predicted molar refractivity (Wildman–Crippen MR) is 74.8 cm³/mol. The standard InChI is InChI=1S/C15H21NO4/c1-10(13-11(17)6-5-7-12(13)18)16-9-4-3-8-15(16,2)14(19)20/h5-7,10,17-18H,3-4,8-9H2,1-2H3,(H,19,20).